The lowest BCUT2D eigenvalue weighted by Crippen LogP contribution is -2.40. The zero-order chi connectivity index (χ0) is 16.9. The Morgan fingerprint density at radius 1 is 1.39 bits per heavy atom. The highest BCUT2D eigenvalue weighted by Gasteiger charge is 2.22. The molecular weight excluding hydrogens is 292 g/mol. The van der Waals surface area contributed by atoms with Crippen molar-refractivity contribution in [1.29, 1.82) is 0 Å². The van der Waals surface area contributed by atoms with E-state index in [4.69, 9.17) is 4.74 Å². The van der Waals surface area contributed by atoms with Gasteiger partial charge in [-0.2, -0.15) is 0 Å². The zero-order valence-corrected chi connectivity index (χ0v) is 14.3. The third kappa shape index (κ3) is 6.59. The summed E-state index contributed by atoms with van der Waals surface area (Å²) in [5.41, 5.74) is 1.50. The number of aliphatic hydroxyl groups excluding tert-OH is 1. The van der Waals surface area contributed by atoms with Gasteiger partial charge in [-0.15, -0.1) is 0 Å². The van der Waals surface area contributed by atoms with E-state index in [0.717, 1.165) is 23.8 Å². The minimum absolute atomic E-state index is 0.222. The van der Waals surface area contributed by atoms with E-state index >= 15 is 0 Å². The van der Waals surface area contributed by atoms with Crippen molar-refractivity contribution in [2.75, 3.05) is 18.5 Å². The summed E-state index contributed by atoms with van der Waals surface area (Å²) in [6.07, 6.45) is 1.97. The molecule has 0 heterocycles. The topological polar surface area (TPSA) is 70.6 Å². The quantitative estimate of drug-likeness (QED) is 0.723. The Bertz CT molecular complexity index is 521. The van der Waals surface area contributed by atoms with Gasteiger partial charge in [-0.05, 0) is 41.9 Å². The Morgan fingerprint density at radius 3 is 2.78 bits per heavy atom. The third-order valence-electron chi connectivity index (χ3n) is 3.96. The molecule has 0 aromatic heterocycles. The summed E-state index contributed by atoms with van der Waals surface area (Å²) in [6, 6.07) is 7.32. The first-order chi connectivity index (χ1) is 10.8. The van der Waals surface area contributed by atoms with Gasteiger partial charge in [0.15, 0.2) is 0 Å². The molecule has 0 spiro atoms. The lowest BCUT2D eigenvalue weighted by atomic mass is 9.89. The average molecular weight is 320 g/mol. The Hall–Kier alpha value is -1.59. The number of nitrogens with one attached hydrogen (secondary N) is 2. The van der Waals surface area contributed by atoms with Crippen LogP contribution in [0.3, 0.4) is 0 Å². The second-order valence-electron chi connectivity index (χ2n) is 7.38. The van der Waals surface area contributed by atoms with Gasteiger partial charge in [-0.1, -0.05) is 32.9 Å². The van der Waals surface area contributed by atoms with Gasteiger partial charge in [0.05, 0.1) is 12.7 Å². The number of carbonyl (C=O) groups is 1. The zero-order valence-electron chi connectivity index (χ0n) is 14.3. The van der Waals surface area contributed by atoms with E-state index in [2.05, 4.69) is 10.6 Å². The molecule has 2 rings (SSSR count). The summed E-state index contributed by atoms with van der Waals surface area (Å²) in [5, 5.41) is 15.4. The largest absolute Gasteiger partial charge is 0.391 e. The number of urea groups is 1. The molecule has 2 amide bonds. The van der Waals surface area contributed by atoms with Gasteiger partial charge in [0.1, 0.15) is 0 Å². The molecule has 1 saturated carbocycles. The van der Waals surface area contributed by atoms with Crippen molar-refractivity contribution in [2.45, 2.75) is 46.3 Å². The molecule has 0 bridgehead atoms. The van der Waals surface area contributed by atoms with Gasteiger partial charge < -0.3 is 20.5 Å². The molecule has 5 heteroatoms. The smallest absolute Gasteiger partial charge is 0.319 e. The maximum atomic E-state index is 11.9. The number of anilines is 1. The van der Waals surface area contributed by atoms with Crippen LogP contribution in [0.25, 0.3) is 0 Å². The number of ether oxygens (including phenoxy) is 1. The van der Waals surface area contributed by atoms with E-state index in [1.54, 1.807) is 0 Å². The van der Waals surface area contributed by atoms with Gasteiger partial charge >= 0.3 is 6.03 Å². The number of aliphatic hydroxyl groups is 1. The summed E-state index contributed by atoms with van der Waals surface area (Å²) in [5.74, 6) is 0.747. The molecule has 1 aromatic rings. The number of hydrogen-bond acceptors (Lipinski definition) is 3. The SMILES string of the molecule is CC(C)(C)C(O)CNC(=O)Nc1cccc(COCC2CC2)c1. The average Bonchev–Trinajstić information content (AvgIpc) is 3.28. The molecule has 1 atom stereocenters. The standard InChI is InChI=1S/C18H28N2O3/c1-18(2,3)16(21)10-19-17(22)20-15-6-4-5-14(9-15)12-23-11-13-7-8-13/h4-6,9,13,16,21H,7-8,10-12H2,1-3H3,(H2,19,20,22). The second-order valence-corrected chi connectivity index (χ2v) is 7.38. The van der Waals surface area contributed by atoms with Crippen LogP contribution >= 0.6 is 0 Å². The van der Waals surface area contributed by atoms with E-state index in [1.807, 2.05) is 45.0 Å². The van der Waals surface area contributed by atoms with Crippen molar-refractivity contribution in [3.05, 3.63) is 29.8 Å². The predicted molar refractivity (Wildman–Crippen MR) is 91.3 cm³/mol. The minimum Gasteiger partial charge on any atom is -0.391 e. The van der Waals surface area contributed by atoms with E-state index in [1.165, 1.54) is 12.8 Å². The summed E-state index contributed by atoms with van der Waals surface area (Å²) in [4.78, 5) is 11.9. The fourth-order valence-corrected chi connectivity index (χ4v) is 2.04. The molecule has 1 unspecified atom stereocenters. The maximum absolute atomic E-state index is 11.9. The number of benzene rings is 1. The van der Waals surface area contributed by atoms with Crippen molar-refractivity contribution in [3.63, 3.8) is 0 Å². The van der Waals surface area contributed by atoms with Gasteiger partial charge in [-0.25, -0.2) is 4.79 Å². The van der Waals surface area contributed by atoms with Crippen molar-refractivity contribution in [3.8, 4) is 0 Å². The number of hydrogen-bond donors (Lipinski definition) is 3. The molecule has 23 heavy (non-hydrogen) atoms. The van der Waals surface area contributed by atoms with Gasteiger partial charge in [0.25, 0.3) is 0 Å². The van der Waals surface area contributed by atoms with Gasteiger partial charge in [0, 0.05) is 18.8 Å². The van der Waals surface area contributed by atoms with Crippen molar-refractivity contribution in [2.24, 2.45) is 11.3 Å². The molecule has 1 fully saturated rings. The first kappa shape index (κ1) is 17.8. The van der Waals surface area contributed by atoms with Crippen LogP contribution in [-0.4, -0.2) is 30.4 Å². The molecule has 5 nitrogen and oxygen atoms in total. The fraction of sp³-hybridized carbons (Fsp3) is 0.611. The second kappa shape index (κ2) is 7.79. The van der Waals surface area contributed by atoms with Crippen LogP contribution < -0.4 is 10.6 Å². The Morgan fingerprint density at radius 2 is 2.13 bits per heavy atom. The van der Waals surface area contributed by atoms with Crippen LogP contribution in [-0.2, 0) is 11.3 Å². The highest BCUT2D eigenvalue weighted by Crippen LogP contribution is 2.29. The normalized spacial score (nSPS) is 16.0. The van der Waals surface area contributed by atoms with Gasteiger partial charge in [0.2, 0.25) is 0 Å². The lowest BCUT2D eigenvalue weighted by molar-refractivity contribution is 0.0654. The Labute approximate surface area is 138 Å². The van der Waals surface area contributed by atoms with Crippen LogP contribution in [0.15, 0.2) is 24.3 Å². The van der Waals surface area contributed by atoms with Crippen molar-refractivity contribution < 1.29 is 14.6 Å². The molecule has 1 aliphatic rings. The van der Waals surface area contributed by atoms with E-state index < -0.39 is 6.10 Å². The Kier molecular flexibility index (Phi) is 6.02. The summed E-state index contributed by atoms with van der Waals surface area (Å²) < 4.78 is 5.66. The third-order valence-corrected chi connectivity index (χ3v) is 3.96. The summed E-state index contributed by atoms with van der Waals surface area (Å²) in [6.45, 7) is 7.41. The van der Waals surface area contributed by atoms with E-state index in [0.29, 0.717) is 6.61 Å². The van der Waals surface area contributed by atoms with Crippen LogP contribution in [0.1, 0.15) is 39.2 Å². The Balaban J connectivity index is 1.76. The highest BCUT2D eigenvalue weighted by atomic mass is 16.5. The number of amides is 2. The lowest BCUT2D eigenvalue weighted by Gasteiger charge is -2.25. The molecule has 1 aromatic carbocycles. The highest BCUT2D eigenvalue weighted by molar-refractivity contribution is 5.89. The molecule has 128 valence electrons. The monoisotopic (exact) mass is 320 g/mol. The van der Waals surface area contributed by atoms with E-state index in [-0.39, 0.29) is 18.0 Å². The molecular formula is C18H28N2O3. The molecule has 1 aliphatic carbocycles. The summed E-state index contributed by atoms with van der Waals surface area (Å²) in [7, 11) is 0. The predicted octanol–water partition coefficient (Wildman–Crippen LogP) is 3.14. The minimum atomic E-state index is -0.588. The number of rotatable bonds is 7. The maximum Gasteiger partial charge on any atom is 0.319 e. The molecule has 3 N–H and O–H groups in total. The van der Waals surface area contributed by atoms with Crippen molar-refractivity contribution >= 4 is 11.7 Å². The molecule has 0 radical (unpaired) electrons. The van der Waals surface area contributed by atoms with Crippen LogP contribution in [0.4, 0.5) is 10.5 Å². The molecule has 0 aliphatic heterocycles. The molecule has 0 saturated heterocycles. The van der Waals surface area contributed by atoms with Crippen LogP contribution in [0.5, 0.6) is 0 Å². The van der Waals surface area contributed by atoms with Crippen LogP contribution in [0.2, 0.25) is 0 Å². The van der Waals surface area contributed by atoms with Crippen molar-refractivity contribution in [1.82, 2.24) is 5.32 Å². The summed E-state index contributed by atoms with van der Waals surface area (Å²) >= 11 is 0. The first-order valence-corrected chi connectivity index (χ1v) is 8.24. The first-order valence-electron chi connectivity index (χ1n) is 8.24. The van der Waals surface area contributed by atoms with Crippen LogP contribution in [0, 0.1) is 11.3 Å². The fourth-order valence-electron chi connectivity index (χ4n) is 2.04. The van der Waals surface area contributed by atoms with Gasteiger partial charge in [-0.3, -0.25) is 0 Å². The van der Waals surface area contributed by atoms with E-state index in [9.17, 15) is 9.90 Å². The number of carbonyl (C=O) groups excluding carboxylic acids is 1.